The molecule has 0 bridgehead atoms. The Morgan fingerprint density at radius 1 is 0.886 bits per heavy atom. The van der Waals surface area contributed by atoms with E-state index in [9.17, 15) is 31.2 Å². The van der Waals surface area contributed by atoms with E-state index in [4.69, 9.17) is 4.74 Å². The van der Waals surface area contributed by atoms with E-state index < -0.39 is 40.0 Å². The third kappa shape index (κ3) is 4.72. The largest absolute Gasteiger partial charge is 0.534 e. The van der Waals surface area contributed by atoms with Gasteiger partial charge in [0.05, 0.1) is 0 Å². The minimum absolute atomic E-state index is 0.319. The summed E-state index contributed by atoms with van der Waals surface area (Å²) in [5.41, 5.74) is -3.51. The number of halogens is 3. The number of carbonyl (C=O) groups excluding carboxylic acids is 2. The number of aryl methyl sites for hydroxylation is 1. The second-order valence-electron chi connectivity index (χ2n) is 7.68. The van der Waals surface area contributed by atoms with Crippen LogP contribution in [0.25, 0.3) is 0 Å². The zero-order valence-corrected chi connectivity index (χ0v) is 19.0. The molecule has 1 heterocycles. The number of alkyl halides is 3. The van der Waals surface area contributed by atoms with Gasteiger partial charge in [-0.15, -0.1) is 0 Å². The number of fused-ring (bicyclic) bond motifs is 2. The van der Waals surface area contributed by atoms with Crippen molar-refractivity contribution in [2.24, 2.45) is 0 Å². The maximum atomic E-state index is 13.3. The first kappa shape index (κ1) is 24.3. The number of hydrogen-bond donors (Lipinski definition) is 0. The lowest BCUT2D eigenvalue weighted by atomic mass is 9.85. The smallest absolute Gasteiger partial charge is 0.426 e. The van der Waals surface area contributed by atoms with Gasteiger partial charge in [0, 0.05) is 11.4 Å². The van der Waals surface area contributed by atoms with Gasteiger partial charge in [-0.05, 0) is 41.8 Å². The molecular formula is C24H18F3NO6S. The number of benzene rings is 3. The number of carbonyl (C=O) groups is 2. The van der Waals surface area contributed by atoms with Crippen molar-refractivity contribution in [3.8, 4) is 5.75 Å². The molecule has 0 aliphatic carbocycles. The van der Waals surface area contributed by atoms with Crippen LogP contribution in [0.2, 0.25) is 0 Å². The minimum atomic E-state index is -6.12. The molecule has 0 saturated carbocycles. The Hall–Kier alpha value is -3.86. The molecule has 7 nitrogen and oxygen atoms in total. The zero-order valence-electron chi connectivity index (χ0n) is 18.2. The van der Waals surface area contributed by atoms with E-state index in [0.29, 0.717) is 28.3 Å². The SMILES string of the molecule is Cc1ccccc1OC(=O)C1c2ccccc2N(CC(=O)OS(=O)(=O)C(F)(F)F)c2ccccc21. The third-order valence-corrected chi connectivity index (χ3v) is 6.36. The molecule has 11 heteroatoms. The topological polar surface area (TPSA) is 90.0 Å². The van der Waals surface area contributed by atoms with Crippen LogP contribution in [0.1, 0.15) is 22.6 Å². The summed E-state index contributed by atoms with van der Waals surface area (Å²) in [4.78, 5) is 26.9. The van der Waals surface area contributed by atoms with Gasteiger partial charge in [-0.25, -0.2) is 4.79 Å². The van der Waals surface area contributed by atoms with Gasteiger partial charge in [0.25, 0.3) is 0 Å². The fourth-order valence-electron chi connectivity index (χ4n) is 3.84. The van der Waals surface area contributed by atoms with E-state index in [1.165, 1.54) is 4.90 Å². The Kier molecular flexibility index (Phi) is 6.28. The maximum Gasteiger partial charge on any atom is 0.534 e. The van der Waals surface area contributed by atoms with Crippen molar-refractivity contribution >= 4 is 33.4 Å². The highest BCUT2D eigenvalue weighted by molar-refractivity contribution is 7.88. The summed E-state index contributed by atoms with van der Waals surface area (Å²) in [7, 11) is -6.12. The van der Waals surface area contributed by atoms with Gasteiger partial charge in [-0.2, -0.15) is 21.6 Å². The first-order valence-electron chi connectivity index (χ1n) is 10.3. The molecule has 0 aromatic heterocycles. The van der Waals surface area contributed by atoms with E-state index in [1.807, 2.05) is 0 Å². The Morgan fingerprint density at radius 3 is 1.94 bits per heavy atom. The van der Waals surface area contributed by atoms with Crippen molar-refractivity contribution in [1.29, 1.82) is 0 Å². The summed E-state index contributed by atoms with van der Waals surface area (Å²) in [6, 6.07) is 19.9. The lowest BCUT2D eigenvalue weighted by molar-refractivity contribution is -0.135. The normalized spacial score (nSPS) is 13.5. The van der Waals surface area contributed by atoms with Crippen LogP contribution in [0, 0.1) is 6.92 Å². The molecule has 0 amide bonds. The van der Waals surface area contributed by atoms with Crippen molar-refractivity contribution in [2.45, 2.75) is 18.3 Å². The van der Waals surface area contributed by atoms with E-state index in [2.05, 4.69) is 4.18 Å². The first-order chi connectivity index (χ1) is 16.5. The predicted octanol–water partition coefficient (Wildman–Crippen LogP) is 4.58. The molecule has 0 unspecified atom stereocenters. The lowest BCUT2D eigenvalue weighted by Gasteiger charge is -2.36. The van der Waals surface area contributed by atoms with Crippen LogP contribution in [0.3, 0.4) is 0 Å². The highest BCUT2D eigenvalue weighted by atomic mass is 32.2. The Morgan fingerprint density at radius 2 is 1.40 bits per heavy atom. The van der Waals surface area contributed by atoms with Gasteiger partial charge in [0.2, 0.25) is 0 Å². The number of para-hydroxylation sites is 3. The van der Waals surface area contributed by atoms with E-state index in [1.54, 1.807) is 79.7 Å². The zero-order chi connectivity index (χ0) is 25.4. The quantitative estimate of drug-likeness (QED) is 0.217. The number of esters is 1. The Balaban J connectivity index is 1.72. The van der Waals surface area contributed by atoms with Crippen LogP contribution < -0.4 is 9.64 Å². The molecule has 0 fully saturated rings. The average molecular weight is 505 g/mol. The van der Waals surface area contributed by atoms with Gasteiger partial charge >= 0.3 is 27.6 Å². The second-order valence-corrected chi connectivity index (χ2v) is 9.22. The average Bonchev–Trinajstić information content (AvgIpc) is 2.79. The minimum Gasteiger partial charge on any atom is -0.426 e. The Labute approximate surface area is 198 Å². The third-order valence-electron chi connectivity index (χ3n) is 5.39. The molecule has 3 aromatic rings. The fourth-order valence-corrected chi connectivity index (χ4v) is 4.23. The van der Waals surface area contributed by atoms with Crippen LogP contribution in [0.5, 0.6) is 5.75 Å². The molecule has 1 aliphatic rings. The monoisotopic (exact) mass is 505 g/mol. The molecular weight excluding hydrogens is 487 g/mol. The summed E-state index contributed by atoms with van der Waals surface area (Å²) in [5.74, 6) is -2.77. The molecule has 1 aliphatic heterocycles. The summed E-state index contributed by atoms with van der Waals surface area (Å²) < 4.78 is 70.0. The molecule has 0 radical (unpaired) electrons. The lowest BCUT2D eigenvalue weighted by Crippen LogP contribution is -2.36. The van der Waals surface area contributed by atoms with Crippen LogP contribution >= 0.6 is 0 Å². The van der Waals surface area contributed by atoms with Crippen molar-refractivity contribution in [2.75, 3.05) is 11.4 Å². The molecule has 0 atom stereocenters. The Bertz CT molecular complexity index is 1360. The van der Waals surface area contributed by atoms with E-state index in [0.717, 1.165) is 5.56 Å². The van der Waals surface area contributed by atoms with Crippen molar-refractivity contribution in [1.82, 2.24) is 0 Å². The molecule has 0 spiro atoms. The standard InChI is InChI=1S/C24H18F3NO6S/c1-15-8-2-7-13-20(15)33-23(30)22-16-9-3-5-11-18(16)28(19-12-6-4-10-17(19)22)14-21(29)34-35(31,32)24(25,26)27/h2-13,22H,14H2,1H3. The number of anilines is 2. The number of nitrogens with zero attached hydrogens (tertiary/aromatic N) is 1. The summed E-state index contributed by atoms with van der Waals surface area (Å²) in [6.45, 7) is 0.941. The molecule has 4 rings (SSSR count). The highest BCUT2D eigenvalue weighted by Gasteiger charge is 2.50. The van der Waals surface area contributed by atoms with Gasteiger partial charge in [0.1, 0.15) is 18.2 Å². The van der Waals surface area contributed by atoms with E-state index in [-0.39, 0.29) is 0 Å². The molecule has 182 valence electrons. The van der Waals surface area contributed by atoms with Crippen molar-refractivity contribution in [3.63, 3.8) is 0 Å². The van der Waals surface area contributed by atoms with E-state index >= 15 is 0 Å². The summed E-state index contributed by atoms with van der Waals surface area (Å²) in [6.07, 6.45) is 0. The molecule has 35 heavy (non-hydrogen) atoms. The number of ether oxygens (including phenoxy) is 1. The van der Waals surface area contributed by atoms with Gasteiger partial charge < -0.3 is 13.8 Å². The maximum absolute atomic E-state index is 13.3. The molecule has 0 saturated heterocycles. The second kappa shape index (κ2) is 9.06. The van der Waals surface area contributed by atoms with Gasteiger partial charge in [-0.3, -0.25) is 4.79 Å². The van der Waals surface area contributed by atoms with Gasteiger partial charge in [0.15, 0.2) is 0 Å². The van der Waals surface area contributed by atoms with Crippen LogP contribution in [-0.2, 0) is 23.9 Å². The predicted molar refractivity (Wildman–Crippen MR) is 120 cm³/mol. The van der Waals surface area contributed by atoms with Crippen LogP contribution in [-0.4, -0.2) is 32.4 Å². The van der Waals surface area contributed by atoms with Crippen LogP contribution in [0.15, 0.2) is 72.8 Å². The van der Waals surface area contributed by atoms with Crippen molar-refractivity contribution in [3.05, 3.63) is 89.5 Å². The molecule has 3 aromatic carbocycles. The van der Waals surface area contributed by atoms with Crippen LogP contribution in [0.4, 0.5) is 24.5 Å². The van der Waals surface area contributed by atoms with Crippen molar-refractivity contribution < 1.29 is 40.1 Å². The molecule has 0 N–H and O–H groups in total. The summed E-state index contributed by atoms with van der Waals surface area (Å²) >= 11 is 0. The van der Waals surface area contributed by atoms with Gasteiger partial charge in [-0.1, -0.05) is 54.6 Å². The highest BCUT2D eigenvalue weighted by Crippen LogP contribution is 2.46. The summed E-state index contributed by atoms with van der Waals surface area (Å²) in [5, 5.41) is 0. The fraction of sp³-hybridized carbons (Fsp3) is 0.167. The first-order valence-corrected chi connectivity index (χ1v) is 11.7. The number of hydrogen-bond acceptors (Lipinski definition) is 7. The number of rotatable bonds is 5.